The minimum absolute atomic E-state index is 0.00810. The molecule has 94 valence electrons. The number of sulfone groups is 1. The summed E-state index contributed by atoms with van der Waals surface area (Å²) in [7, 11) is -2.88. The van der Waals surface area contributed by atoms with Crippen molar-refractivity contribution in [2.75, 3.05) is 31.6 Å². The molecule has 1 amide bonds. The van der Waals surface area contributed by atoms with E-state index in [-0.39, 0.29) is 18.2 Å². The molecule has 6 heteroatoms. The molecule has 0 aromatic heterocycles. The molecule has 0 atom stereocenters. The Morgan fingerprint density at radius 2 is 2.06 bits per heavy atom. The minimum Gasteiger partial charge on any atom is -0.355 e. The molecular weight excluding hydrogens is 228 g/mol. The van der Waals surface area contributed by atoms with Crippen molar-refractivity contribution in [3.05, 3.63) is 0 Å². The number of hydrogen-bond donors (Lipinski definition) is 2. The lowest BCUT2D eigenvalue weighted by Crippen LogP contribution is -2.35. The Labute approximate surface area is 96.9 Å². The van der Waals surface area contributed by atoms with Crippen molar-refractivity contribution in [3.8, 4) is 0 Å². The maximum atomic E-state index is 11.2. The second kappa shape index (κ2) is 6.20. The van der Waals surface area contributed by atoms with Crippen LogP contribution in [0.2, 0.25) is 0 Å². The molecule has 1 aliphatic carbocycles. The first kappa shape index (κ1) is 13.4. The first-order valence-corrected chi connectivity index (χ1v) is 7.68. The van der Waals surface area contributed by atoms with Crippen LogP contribution in [-0.4, -0.2) is 46.0 Å². The Bertz CT molecular complexity index is 323. The van der Waals surface area contributed by atoms with Gasteiger partial charge in [-0.15, -0.1) is 0 Å². The maximum Gasteiger partial charge on any atom is 0.233 e. The SMILES string of the molecule is CS(=O)(=O)CCCNCC(=O)NCC1CC1. The molecule has 16 heavy (non-hydrogen) atoms. The third-order valence-corrected chi connectivity index (χ3v) is 3.47. The molecule has 1 saturated carbocycles. The van der Waals surface area contributed by atoms with Crippen molar-refractivity contribution < 1.29 is 13.2 Å². The third kappa shape index (κ3) is 7.64. The van der Waals surface area contributed by atoms with E-state index in [0.29, 0.717) is 18.9 Å². The van der Waals surface area contributed by atoms with E-state index in [9.17, 15) is 13.2 Å². The van der Waals surface area contributed by atoms with Gasteiger partial charge in [-0.25, -0.2) is 8.42 Å². The van der Waals surface area contributed by atoms with Gasteiger partial charge in [-0.05, 0) is 31.7 Å². The Balaban J connectivity index is 1.91. The van der Waals surface area contributed by atoms with E-state index in [4.69, 9.17) is 0 Å². The average Bonchev–Trinajstić information content (AvgIpc) is 2.95. The summed E-state index contributed by atoms with van der Waals surface area (Å²) < 4.78 is 21.6. The van der Waals surface area contributed by atoms with Gasteiger partial charge < -0.3 is 10.6 Å². The quantitative estimate of drug-likeness (QED) is 0.570. The highest BCUT2D eigenvalue weighted by atomic mass is 32.2. The third-order valence-electron chi connectivity index (χ3n) is 2.44. The van der Waals surface area contributed by atoms with Crippen LogP contribution in [-0.2, 0) is 14.6 Å². The van der Waals surface area contributed by atoms with Crippen LogP contribution in [0.15, 0.2) is 0 Å². The summed E-state index contributed by atoms with van der Waals surface area (Å²) in [4.78, 5) is 11.2. The van der Waals surface area contributed by atoms with Gasteiger partial charge in [0.2, 0.25) is 5.91 Å². The van der Waals surface area contributed by atoms with Crippen LogP contribution < -0.4 is 10.6 Å². The summed E-state index contributed by atoms with van der Waals surface area (Å²) in [6.07, 6.45) is 4.22. The molecule has 0 unspecified atom stereocenters. The van der Waals surface area contributed by atoms with Crippen LogP contribution in [0.25, 0.3) is 0 Å². The highest BCUT2D eigenvalue weighted by molar-refractivity contribution is 7.90. The van der Waals surface area contributed by atoms with Gasteiger partial charge in [-0.1, -0.05) is 0 Å². The van der Waals surface area contributed by atoms with Gasteiger partial charge in [-0.3, -0.25) is 4.79 Å². The number of rotatable bonds is 8. The van der Waals surface area contributed by atoms with Crippen molar-refractivity contribution >= 4 is 15.7 Å². The van der Waals surface area contributed by atoms with Gasteiger partial charge in [-0.2, -0.15) is 0 Å². The largest absolute Gasteiger partial charge is 0.355 e. The number of amides is 1. The molecule has 0 heterocycles. The Morgan fingerprint density at radius 3 is 2.62 bits per heavy atom. The number of nitrogens with one attached hydrogen (secondary N) is 2. The lowest BCUT2D eigenvalue weighted by atomic mass is 10.4. The van der Waals surface area contributed by atoms with Crippen LogP contribution in [0, 0.1) is 5.92 Å². The summed E-state index contributed by atoms with van der Waals surface area (Å²) in [6, 6.07) is 0. The number of hydrogen-bond acceptors (Lipinski definition) is 4. The van der Waals surface area contributed by atoms with Gasteiger partial charge in [0.15, 0.2) is 0 Å². The molecule has 0 aliphatic heterocycles. The van der Waals surface area contributed by atoms with E-state index in [1.54, 1.807) is 0 Å². The monoisotopic (exact) mass is 248 g/mol. The molecule has 0 aromatic carbocycles. The number of carbonyl (C=O) groups is 1. The van der Waals surface area contributed by atoms with E-state index < -0.39 is 9.84 Å². The van der Waals surface area contributed by atoms with Gasteiger partial charge in [0.25, 0.3) is 0 Å². The van der Waals surface area contributed by atoms with Gasteiger partial charge >= 0.3 is 0 Å². The first-order chi connectivity index (χ1) is 7.47. The zero-order valence-electron chi connectivity index (χ0n) is 9.66. The zero-order valence-corrected chi connectivity index (χ0v) is 10.5. The molecule has 1 fully saturated rings. The minimum atomic E-state index is -2.88. The van der Waals surface area contributed by atoms with Crippen molar-refractivity contribution in [1.82, 2.24) is 10.6 Å². The van der Waals surface area contributed by atoms with E-state index >= 15 is 0 Å². The average molecular weight is 248 g/mol. The number of carbonyl (C=O) groups excluding carboxylic acids is 1. The molecule has 0 aromatic rings. The molecule has 5 nitrogen and oxygen atoms in total. The summed E-state index contributed by atoms with van der Waals surface area (Å²) >= 11 is 0. The standard InChI is InChI=1S/C10H20N2O3S/c1-16(14,15)6-2-5-11-8-10(13)12-7-9-3-4-9/h9,11H,2-8H2,1H3,(H,12,13). The van der Waals surface area contributed by atoms with Crippen molar-refractivity contribution in [2.24, 2.45) is 5.92 Å². The van der Waals surface area contributed by atoms with Crippen molar-refractivity contribution in [2.45, 2.75) is 19.3 Å². The van der Waals surface area contributed by atoms with Gasteiger partial charge in [0.05, 0.1) is 12.3 Å². The summed E-state index contributed by atoms with van der Waals surface area (Å²) in [5.41, 5.74) is 0. The summed E-state index contributed by atoms with van der Waals surface area (Å²) in [5, 5.41) is 5.76. The fraction of sp³-hybridized carbons (Fsp3) is 0.900. The molecular formula is C10H20N2O3S. The Morgan fingerprint density at radius 1 is 1.38 bits per heavy atom. The predicted molar refractivity (Wildman–Crippen MR) is 62.9 cm³/mol. The maximum absolute atomic E-state index is 11.2. The molecule has 1 rings (SSSR count). The highest BCUT2D eigenvalue weighted by Gasteiger charge is 2.21. The first-order valence-electron chi connectivity index (χ1n) is 5.62. The Kier molecular flexibility index (Phi) is 5.21. The van der Waals surface area contributed by atoms with E-state index in [1.807, 2.05) is 0 Å². The molecule has 2 N–H and O–H groups in total. The molecule has 0 saturated heterocycles. The van der Waals surface area contributed by atoms with Crippen molar-refractivity contribution in [1.29, 1.82) is 0 Å². The fourth-order valence-corrected chi connectivity index (χ4v) is 1.97. The van der Waals surface area contributed by atoms with Crippen LogP contribution in [0.5, 0.6) is 0 Å². The van der Waals surface area contributed by atoms with Crippen LogP contribution in [0.1, 0.15) is 19.3 Å². The normalized spacial score (nSPS) is 16.1. The molecule has 1 aliphatic rings. The lowest BCUT2D eigenvalue weighted by Gasteiger charge is -2.05. The summed E-state index contributed by atoms with van der Waals surface area (Å²) in [5.74, 6) is 0.851. The second-order valence-electron chi connectivity index (χ2n) is 4.41. The van der Waals surface area contributed by atoms with E-state index in [1.165, 1.54) is 19.1 Å². The topological polar surface area (TPSA) is 75.3 Å². The molecule has 0 bridgehead atoms. The molecule has 0 radical (unpaired) electrons. The lowest BCUT2D eigenvalue weighted by molar-refractivity contribution is -0.120. The van der Waals surface area contributed by atoms with Crippen LogP contribution >= 0.6 is 0 Å². The zero-order chi connectivity index (χ0) is 12.0. The van der Waals surface area contributed by atoms with Crippen LogP contribution in [0.3, 0.4) is 0 Å². The van der Waals surface area contributed by atoms with Crippen molar-refractivity contribution in [3.63, 3.8) is 0 Å². The Hall–Kier alpha value is -0.620. The summed E-state index contributed by atoms with van der Waals surface area (Å²) in [6.45, 7) is 1.62. The smallest absolute Gasteiger partial charge is 0.233 e. The highest BCUT2D eigenvalue weighted by Crippen LogP contribution is 2.27. The van der Waals surface area contributed by atoms with Gasteiger partial charge in [0.1, 0.15) is 9.84 Å². The van der Waals surface area contributed by atoms with E-state index in [0.717, 1.165) is 6.54 Å². The van der Waals surface area contributed by atoms with Gasteiger partial charge in [0, 0.05) is 12.8 Å². The second-order valence-corrected chi connectivity index (χ2v) is 6.67. The fourth-order valence-electron chi connectivity index (χ4n) is 1.30. The predicted octanol–water partition coefficient (Wildman–Crippen LogP) is -0.463. The van der Waals surface area contributed by atoms with E-state index in [2.05, 4.69) is 10.6 Å². The molecule has 0 spiro atoms. The van der Waals surface area contributed by atoms with Crippen LogP contribution in [0.4, 0.5) is 0 Å².